The van der Waals surface area contributed by atoms with E-state index in [4.69, 9.17) is 9.47 Å². The molecule has 0 saturated carbocycles. The molecular weight excluding hydrogens is 441 g/mol. The van der Waals surface area contributed by atoms with Crippen molar-refractivity contribution in [2.45, 2.75) is 13.1 Å². The van der Waals surface area contributed by atoms with E-state index >= 15 is 0 Å². The Morgan fingerprint density at radius 1 is 1.08 bits per heavy atom. The largest absolute Gasteiger partial charge is 0.497 e. The molecule has 6 heteroatoms. The zero-order valence-electron chi connectivity index (χ0n) is 15.2. The van der Waals surface area contributed by atoms with E-state index in [-0.39, 0.29) is 24.0 Å². The monoisotopic (exact) mass is 467 g/mol. The van der Waals surface area contributed by atoms with Crippen LogP contribution in [0.25, 0.3) is 0 Å². The smallest absolute Gasteiger partial charge is 0.191 e. The van der Waals surface area contributed by atoms with Crippen molar-refractivity contribution in [1.82, 2.24) is 10.6 Å². The van der Waals surface area contributed by atoms with Crippen LogP contribution in [0.1, 0.15) is 11.1 Å². The second kappa shape index (κ2) is 12.2. The normalized spacial score (nSPS) is 10.5. The maximum atomic E-state index is 5.67. The van der Waals surface area contributed by atoms with Crippen LogP contribution in [0.2, 0.25) is 0 Å². The van der Waals surface area contributed by atoms with Crippen molar-refractivity contribution in [2.24, 2.45) is 4.99 Å². The van der Waals surface area contributed by atoms with Gasteiger partial charge in [0.15, 0.2) is 5.96 Å². The quantitative estimate of drug-likeness (QED) is 0.269. The van der Waals surface area contributed by atoms with E-state index < -0.39 is 0 Å². The summed E-state index contributed by atoms with van der Waals surface area (Å²) in [5, 5.41) is 6.60. The number of guanidine groups is 1. The molecule has 0 aliphatic carbocycles. The summed E-state index contributed by atoms with van der Waals surface area (Å²) >= 11 is 0. The number of aliphatic imine (C=N–C) groups is 1. The van der Waals surface area contributed by atoms with Crippen LogP contribution in [0.5, 0.6) is 11.5 Å². The van der Waals surface area contributed by atoms with Gasteiger partial charge < -0.3 is 20.1 Å². The molecule has 26 heavy (non-hydrogen) atoms. The van der Waals surface area contributed by atoms with Crippen molar-refractivity contribution in [3.63, 3.8) is 0 Å². The van der Waals surface area contributed by atoms with Crippen molar-refractivity contribution in [1.29, 1.82) is 0 Å². The molecule has 0 heterocycles. The number of rotatable bonds is 8. The molecule has 5 nitrogen and oxygen atoms in total. The number of benzene rings is 2. The Morgan fingerprint density at radius 2 is 1.77 bits per heavy atom. The van der Waals surface area contributed by atoms with E-state index in [0.717, 1.165) is 28.6 Å². The lowest BCUT2D eigenvalue weighted by Gasteiger charge is -2.14. The maximum absolute atomic E-state index is 5.67. The topological polar surface area (TPSA) is 54.9 Å². The number of methoxy groups -OCH3 is 1. The number of hydrogen-bond donors (Lipinski definition) is 2. The highest BCUT2D eigenvalue weighted by atomic mass is 127. The van der Waals surface area contributed by atoms with Gasteiger partial charge in [0.25, 0.3) is 0 Å². The van der Waals surface area contributed by atoms with Crippen LogP contribution in [0, 0.1) is 0 Å². The fraction of sp³-hybridized carbons (Fsp3) is 0.250. The second-order valence-electron chi connectivity index (χ2n) is 5.33. The Morgan fingerprint density at radius 3 is 2.42 bits per heavy atom. The minimum atomic E-state index is 0. The minimum Gasteiger partial charge on any atom is -0.497 e. The standard InChI is InChI=1S/C20H25N3O2.HI/c1-4-13-25-19-8-6-5-7-17(19)15-23-20(21-2)22-14-16-9-11-18(24-3)12-10-16;/h4-12H,1,13-15H2,2-3H3,(H2,21,22,23);1H. The minimum absolute atomic E-state index is 0. The average Bonchev–Trinajstić information content (AvgIpc) is 2.67. The number of halogens is 1. The van der Waals surface area contributed by atoms with Gasteiger partial charge in [-0.3, -0.25) is 4.99 Å². The molecule has 0 aliphatic rings. The average molecular weight is 467 g/mol. The molecule has 2 rings (SSSR count). The molecule has 2 aromatic carbocycles. The fourth-order valence-corrected chi connectivity index (χ4v) is 2.27. The van der Waals surface area contributed by atoms with Crippen molar-refractivity contribution < 1.29 is 9.47 Å². The number of hydrogen-bond acceptors (Lipinski definition) is 3. The molecule has 2 N–H and O–H groups in total. The van der Waals surface area contributed by atoms with E-state index in [9.17, 15) is 0 Å². The summed E-state index contributed by atoms with van der Waals surface area (Å²) in [5.41, 5.74) is 2.22. The molecule has 0 unspecified atom stereocenters. The van der Waals surface area contributed by atoms with Gasteiger partial charge in [-0.05, 0) is 23.8 Å². The number of nitrogens with one attached hydrogen (secondary N) is 2. The molecule has 0 amide bonds. The molecule has 2 aromatic rings. The Hall–Kier alpha value is -2.22. The molecule has 0 spiro atoms. The highest BCUT2D eigenvalue weighted by molar-refractivity contribution is 14.0. The highest BCUT2D eigenvalue weighted by Crippen LogP contribution is 2.17. The van der Waals surface area contributed by atoms with Gasteiger partial charge in [0.2, 0.25) is 0 Å². The molecule has 0 aromatic heterocycles. The van der Waals surface area contributed by atoms with Gasteiger partial charge >= 0.3 is 0 Å². The third-order valence-electron chi connectivity index (χ3n) is 3.62. The Labute approximate surface area is 172 Å². The van der Waals surface area contributed by atoms with E-state index in [1.54, 1.807) is 20.2 Å². The van der Waals surface area contributed by atoms with Crippen LogP contribution >= 0.6 is 24.0 Å². The van der Waals surface area contributed by atoms with Crippen LogP contribution in [0.3, 0.4) is 0 Å². The summed E-state index contributed by atoms with van der Waals surface area (Å²) in [7, 11) is 3.42. The van der Waals surface area contributed by atoms with Gasteiger partial charge in [0, 0.05) is 25.7 Å². The van der Waals surface area contributed by atoms with Crippen molar-refractivity contribution in [3.05, 3.63) is 72.3 Å². The predicted octanol–water partition coefficient (Wildman–Crippen LogP) is 3.74. The SMILES string of the molecule is C=CCOc1ccccc1CNC(=NC)NCc1ccc(OC)cc1.I. The van der Waals surface area contributed by atoms with Gasteiger partial charge in [-0.1, -0.05) is 43.0 Å². The van der Waals surface area contributed by atoms with Gasteiger partial charge in [-0.15, -0.1) is 24.0 Å². The van der Waals surface area contributed by atoms with Gasteiger partial charge in [-0.2, -0.15) is 0 Å². The van der Waals surface area contributed by atoms with Crippen molar-refractivity contribution in [2.75, 3.05) is 20.8 Å². The summed E-state index contributed by atoms with van der Waals surface area (Å²) in [6, 6.07) is 15.9. The highest BCUT2D eigenvalue weighted by Gasteiger charge is 2.04. The van der Waals surface area contributed by atoms with Crippen molar-refractivity contribution in [3.8, 4) is 11.5 Å². The number of para-hydroxylation sites is 1. The van der Waals surface area contributed by atoms with Gasteiger partial charge in [-0.25, -0.2) is 0 Å². The first-order valence-corrected chi connectivity index (χ1v) is 8.16. The zero-order chi connectivity index (χ0) is 17.9. The van der Waals surface area contributed by atoms with Gasteiger partial charge in [0.1, 0.15) is 18.1 Å². The van der Waals surface area contributed by atoms with Crippen LogP contribution in [-0.2, 0) is 13.1 Å². The molecule has 0 saturated heterocycles. The summed E-state index contributed by atoms with van der Waals surface area (Å²) in [4.78, 5) is 4.26. The Kier molecular flexibility index (Phi) is 10.2. The maximum Gasteiger partial charge on any atom is 0.191 e. The lowest BCUT2D eigenvalue weighted by molar-refractivity contribution is 0.358. The molecular formula is C20H26IN3O2. The van der Waals surface area contributed by atoms with Crippen LogP contribution < -0.4 is 20.1 Å². The third kappa shape index (κ3) is 6.95. The van der Waals surface area contributed by atoms with E-state index in [0.29, 0.717) is 19.7 Å². The molecule has 0 fully saturated rings. The van der Waals surface area contributed by atoms with E-state index in [1.165, 1.54) is 0 Å². The second-order valence-corrected chi connectivity index (χ2v) is 5.33. The number of ether oxygens (including phenoxy) is 2. The molecule has 0 radical (unpaired) electrons. The number of nitrogens with zero attached hydrogens (tertiary/aromatic N) is 1. The molecule has 0 atom stereocenters. The third-order valence-corrected chi connectivity index (χ3v) is 3.62. The molecule has 0 aliphatic heterocycles. The van der Waals surface area contributed by atoms with Gasteiger partial charge in [0.05, 0.1) is 7.11 Å². The predicted molar refractivity (Wildman–Crippen MR) is 118 cm³/mol. The van der Waals surface area contributed by atoms with Crippen LogP contribution in [0.4, 0.5) is 0 Å². The first-order chi connectivity index (χ1) is 12.3. The van der Waals surface area contributed by atoms with Crippen molar-refractivity contribution >= 4 is 29.9 Å². The van der Waals surface area contributed by atoms with Crippen LogP contribution in [-0.4, -0.2) is 26.7 Å². The Balaban J connectivity index is 0.00000338. The van der Waals surface area contributed by atoms with E-state index in [2.05, 4.69) is 22.2 Å². The first-order valence-electron chi connectivity index (χ1n) is 8.16. The molecule has 140 valence electrons. The first kappa shape index (κ1) is 21.8. The lowest BCUT2D eigenvalue weighted by atomic mass is 10.2. The van der Waals surface area contributed by atoms with Crippen LogP contribution in [0.15, 0.2) is 66.2 Å². The lowest BCUT2D eigenvalue weighted by Crippen LogP contribution is -2.36. The zero-order valence-corrected chi connectivity index (χ0v) is 17.5. The molecule has 0 bridgehead atoms. The summed E-state index contributed by atoms with van der Waals surface area (Å²) < 4.78 is 10.8. The Bertz CT molecular complexity index is 702. The van der Waals surface area contributed by atoms with E-state index in [1.807, 2.05) is 48.5 Å². The summed E-state index contributed by atoms with van der Waals surface area (Å²) in [5.74, 6) is 2.43. The fourth-order valence-electron chi connectivity index (χ4n) is 2.27. The summed E-state index contributed by atoms with van der Waals surface area (Å²) in [6.07, 6.45) is 1.74. The summed E-state index contributed by atoms with van der Waals surface area (Å²) in [6.45, 7) is 5.47.